The van der Waals surface area contributed by atoms with Gasteiger partial charge in [-0.3, -0.25) is 0 Å². The maximum atomic E-state index is 12.5. The second kappa shape index (κ2) is 14.9. The van der Waals surface area contributed by atoms with Gasteiger partial charge in [0.05, 0.1) is 25.9 Å². The molecule has 0 saturated heterocycles. The predicted molar refractivity (Wildman–Crippen MR) is 185 cm³/mol. The van der Waals surface area contributed by atoms with Gasteiger partial charge in [0.1, 0.15) is 34.0 Å². The molecule has 0 fully saturated rings. The number of benzene rings is 2. The Bertz CT molecular complexity index is 1660. The van der Waals surface area contributed by atoms with Crippen LogP contribution in [-0.4, -0.2) is 51.8 Å². The number of nitrogens with zero attached hydrogens (tertiary/aromatic N) is 4. The van der Waals surface area contributed by atoms with Crippen LogP contribution in [0.1, 0.15) is 90.7 Å². The third-order valence-corrected chi connectivity index (χ3v) is 7.59. The SMILES string of the molecule is CCCCc1nc2c(NCc3ccc(OC)cc3OC)nnc(OC(C)C)c2n1Cc1ccc(C(C)(C)NC(=O)OC(C)(C)C)cc1. The maximum Gasteiger partial charge on any atom is 0.408 e. The van der Waals surface area contributed by atoms with Crippen molar-refractivity contribution < 1.29 is 23.7 Å². The summed E-state index contributed by atoms with van der Waals surface area (Å²) in [5, 5.41) is 15.5. The Morgan fingerprint density at radius 1 is 0.979 bits per heavy atom. The molecule has 1 amide bonds. The van der Waals surface area contributed by atoms with E-state index in [1.165, 1.54) is 0 Å². The molecular formula is C36H50N6O5. The van der Waals surface area contributed by atoms with Crippen LogP contribution in [0.15, 0.2) is 42.5 Å². The van der Waals surface area contributed by atoms with Gasteiger partial charge in [0.25, 0.3) is 5.88 Å². The molecule has 0 aliphatic heterocycles. The number of methoxy groups -OCH3 is 2. The number of fused-ring (bicyclic) bond motifs is 1. The molecule has 2 aromatic heterocycles. The lowest BCUT2D eigenvalue weighted by Gasteiger charge is -2.29. The van der Waals surface area contributed by atoms with Crippen LogP contribution in [0.4, 0.5) is 10.6 Å². The highest BCUT2D eigenvalue weighted by atomic mass is 16.6. The fourth-order valence-corrected chi connectivity index (χ4v) is 5.21. The lowest BCUT2D eigenvalue weighted by Crippen LogP contribution is -2.43. The zero-order chi connectivity index (χ0) is 34.4. The van der Waals surface area contributed by atoms with Crippen molar-refractivity contribution in [2.24, 2.45) is 0 Å². The van der Waals surface area contributed by atoms with Crippen molar-refractivity contribution >= 4 is 22.9 Å². The van der Waals surface area contributed by atoms with Gasteiger partial charge in [0, 0.05) is 31.1 Å². The molecule has 0 unspecified atom stereocenters. The molecule has 0 atom stereocenters. The monoisotopic (exact) mass is 646 g/mol. The molecule has 2 N–H and O–H groups in total. The van der Waals surface area contributed by atoms with Crippen LogP contribution >= 0.6 is 0 Å². The van der Waals surface area contributed by atoms with E-state index in [9.17, 15) is 4.79 Å². The second-order valence-electron chi connectivity index (χ2n) is 13.4. The Balaban J connectivity index is 1.69. The molecule has 254 valence electrons. The molecule has 0 saturated carbocycles. The number of carbonyl (C=O) groups is 1. The number of imidazole rings is 1. The Labute approximate surface area is 278 Å². The molecule has 0 aliphatic carbocycles. The molecule has 0 spiro atoms. The highest BCUT2D eigenvalue weighted by Gasteiger charge is 2.27. The number of aromatic nitrogens is 4. The predicted octanol–water partition coefficient (Wildman–Crippen LogP) is 7.39. The van der Waals surface area contributed by atoms with Crippen molar-refractivity contribution in [3.05, 3.63) is 65.0 Å². The number of anilines is 1. The van der Waals surface area contributed by atoms with Gasteiger partial charge in [-0.05, 0) is 78.1 Å². The summed E-state index contributed by atoms with van der Waals surface area (Å²) in [5.74, 6) is 3.38. The maximum absolute atomic E-state index is 12.5. The minimum Gasteiger partial charge on any atom is -0.497 e. The summed E-state index contributed by atoms with van der Waals surface area (Å²) in [6, 6.07) is 14.0. The smallest absolute Gasteiger partial charge is 0.408 e. The van der Waals surface area contributed by atoms with Crippen molar-refractivity contribution in [3.63, 3.8) is 0 Å². The van der Waals surface area contributed by atoms with E-state index in [1.54, 1.807) is 14.2 Å². The average Bonchev–Trinajstić information content (AvgIpc) is 3.36. The van der Waals surface area contributed by atoms with Crippen LogP contribution in [-0.2, 0) is 29.8 Å². The van der Waals surface area contributed by atoms with Gasteiger partial charge in [-0.1, -0.05) is 37.6 Å². The van der Waals surface area contributed by atoms with Crippen molar-refractivity contribution in [2.75, 3.05) is 19.5 Å². The van der Waals surface area contributed by atoms with E-state index in [0.29, 0.717) is 36.1 Å². The summed E-state index contributed by atoms with van der Waals surface area (Å²) in [6.45, 7) is 16.6. The van der Waals surface area contributed by atoms with E-state index in [4.69, 9.17) is 23.9 Å². The van der Waals surface area contributed by atoms with Crippen LogP contribution in [0.5, 0.6) is 17.4 Å². The Hall–Kier alpha value is -4.54. The summed E-state index contributed by atoms with van der Waals surface area (Å²) >= 11 is 0. The lowest BCUT2D eigenvalue weighted by molar-refractivity contribution is 0.0470. The summed E-state index contributed by atoms with van der Waals surface area (Å²) in [4.78, 5) is 17.6. The molecule has 11 heteroatoms. The number of ether oxygens (including phenoxy) is 4. The van der Waals surface area contributed by atoms with E-state index >= 15 is 0 Å². The van der Waals surface area contributed by atoms with Crippen LogP contribution in [0.3, 0.4) is 0 Å². The van der Waals surface area contributed by atoms with Gasteiger partial charge < -0.3 is 34.1 Å². The molecule has 11 nitrogen and oxygen atoms in total. The molecule has 0 bridgehead atoms. The van der Waals surface area contributed by atoms with Crippen molar-refractivity contribution in [1.82, 2.24) is 25.1 Å². The molecule has 4 aromatic rings. The van der Waals surface area contributed by atoms with Crippen molar-refractivity contribution in [2.45, 2.75) is 105 Å². The third kappa shape index (κ3) is 9.05. The van der Waals surface area contributed by atoms with Crippen LogP contribution in [0.25, 0.3) is 11.0 Å². The fourth-order valence-electron chi connectivity index (χ4n) is 5.21. The van der Waals surface area contributed by atoms with E-state index in [2.05, 4.69) is 44.5 Å². The average molecular weight is 647 g/mol. The molecular weight excluding hydrogens is 596 g/mol. The first kappa shape index (κ1) is 35.3. The molecule has 0 aliphatic rings. The summed E-state index contributed by atoms with van der Waals surface area (Å²) < 4.78 is 24.8. The first-order chi connectivity index (χ1) is 22.2. The van der Waals surface area contributed by atoms with Crippen molar-refractivity contribution in [3.8, 4) is 17.4 Å². The number of hydrogen-bond donors (Lipinski definition) is 2. The normalized spacial score (nSPS) is 11.9. The highest BCUT2D eigenvalue weighted by Crippen LogP contribution is 2.32. The van der Waals surface area contributed by atoms with Crippen molar-refractivity contribution in [1.29, 1.82) is 0 Å². The Morgan fingerprint density at radius 2 is 1.70 bits per heavy atom. The Kier molecular flexibility index (Phi) is 11.2. The van der Waals surface area contributed by atoms with Crippen LogP contribution in [0, 0.1) is 0 Å². The van der Waals surface area contributed by atoms with E-state index in [-0.39, 0.29) is 6.10 Å². The number of alkyl carbamates (subject to hydrolysis) is 1. The standard InChI is InChI=1S/C36H50N6O5/c1-11-12-13-29-38-30-31(42(29)22-24-14-17-26(18-15-24)36(7,8)39-34(43)47-35(4,5)6)33(46-23(2)3)41-40-32(30)37-21-25-16-19-27(44-9)20-28(25)45-10/h14-20,23H,11-13,21-22H2,1-10H3,(H,37,40)(H,39,43). The third-order valence-electron chi connectivity index (χ3n) is 7.59. The van der Waals surface area contributed by atoms with Crippen LogP contribution < -0.4 is 24.8 Å². The zero-order valence-electron chi connectivity index (χ0n) is 29.5. The fraction of sp³-hybridized carbons (Fsp3) is 0.500. The molecule has 47 heavy (non-hydrogen) atoms. The number of unbranched alkanes of at least 4 members (excludes halogenated alkanes) is 1. The molecule has 2 heterocycles. The summed E-state index contributed by atoms with van der Waals surface area (Å²) in [5.41, 5.74) is 3.27. The van der Waals surface area contributed by atoms with Gasteiger partial charge in [-0.2, -0.15) is 0 Å². The number of aryl methyl sites for hydroxylation is 1. The molecule has 0 radical (unpaired) electrons. The number of nitrogens with one attached hydrogen (secondary N) is 2. The van der Waals surface area contributed by atoms with Gasteiger partial charge in [0.2, 0.25) is 0 Å². The first-order valence-corrected chi connectivity index (χ1v) is 16.2. The second-order valence-corrected chi connectivity index (χ2v) is 13.4. The Morgan fingerprint density at radius 3 is 2.32 bits per heavy atom. The summed E-state index contributed by atoms with van der Waals surface area (Å²) in [6.07, 6.45) is 2.26. The van der Waals surface area contributed by atoms with E-state index in [0.717, 1.165) is 53.0 Å². The minimum absolute atomic E-state index is 0.101. The lowest BCUT2D eigenvalue weighted by atomic mass is 9.93. The number of hydrogen-bond acceptors (Lipinski definition) is 9. The zero-order valence-corrected chi connectivity index (χ0v) is 29.5. The van der Waals surface area contributed by atoms with Gasteiger partial charge >= 0.3 is 6.09 Å². The summed E-state index contributed by atoms with van der Waals surface area (Å²) in [7, 11) is 3.27. The number of rotatable bonds is 14. The number of carbonyl (C=O) groups excluding carboxylic acids is 1. The minimum atomic E-state index is -0.629. The molecule has 2 aromatic carbocycles. The quantitative estimate of drug-likeness (QED) is 0.144. The van der Waals surface area contributed by atoms with E-state index in [1.807, 2.05) is 78.8 Å². The van der Waals surface area contributed by atoms with Gasteiger partial charge in [-0.15, -0.1) is 10.2 Å². The van der Waals surface area contributed by atoms with Gasteiger partial charge in [-0.25, -0.2) is 9.78 Å². The van der Waals surface area contributed by atoms with Gasteiger partial charge in [0.15, 0.2) is 5.82 Å². The molecule has 4 rings (SSSR count). The first-order valence-electron chi connectivity index (χ1n) is 16.2. The van der Waals surface area contributed by atoms with E-state index < -0.39 is 17.2 Å². The highest BCUT2D eigenvalue weighted by molar-refractivity contribution is 5.90. The number of amides is 1. The topological polar surface area (TPSA) is 122 Å². The van der Waals surface area contributed by atoms with Crippen LogP contribution in [0.2, 0.25) is 0 Å². The largest absolute Gasteiger partial charge is 0.497 e.